The molecule has 9 heteroatoms. The van der Waals surface area contributed by atoms with E-state index in [1.165, 1.54) is 11.1 Å². The minimum atomic E-state index is -0.510. The zero-order chi connectivity index (χ0) is 20.7. The Labute approximate surface area is 168 Å². The normalized spacial score (nSPS) is 23.8. The van der Waals surface area contributed by atoms with E-state index in [0.717, 1.165) is 5.56 Å². The minimum Gasteiger partial charge on any atom is -0.497 e. The number of ether oxygens (including phenoxy) is 1. The van der Waals surface area contributed by atoms with Gasteiger partial charge in [0.15, 0.2) is 0 Å². The van der Waals surface area contributed by atoms with Gasteiger partial charge < -0.3 is 24.8 Å². The standard InChI is InChI=1S/C20H23N5O4/c1-23-11-22-8-16(23)20(28)24-9-13-7-15(19(21)27)18(25(13)17(26)10-24)12-3-5-14(29-2)6-4-12/h3-6,8,11,13,15,18H,7,9-10H2,1-2H3,(H2,21,27)/t13-,15-,18-/m1/s1. The highest BCUT2D eigenvalue weighted by atomic mass is 16.5. The number of nitrogens with zero attached hydrogens (tertiary/aromatic N) is 4. The first-order valence-electron chi connectivity index (χ1n) is 9.40. The summed E-state index contributed by atoms with van der Waals surface area (Å²) < 4.78 is 6.82. The van der Waals surface area contributed by atoms with Crippen LogP contribution < -0.4 is 10.5 Å². The van der Waals surface area contributed by atoms with Gasteiger partial charge in [0.1, 0.15) is 18.0 Å². The number of carbonyl (C=O) groups is 3. The third-order valence-corrected chi connectivity index (χ3v) is 5.79. The lowest BCUT2D eigenvalue weighted by Gasteiger charge is -2.40. The SMILES string of the molecule is COc1ccc([C@@H]2[C@H](C(N)=O)C[C@@H]3CN(C(=O)c4cncn4C)CC(=O)N32)cc1. The van der Waals surface area contributed by atoms with Crippen LogP contribution in [-0.2, 0) is 16.6 Å². The van der Waals surface area contributed by atoms with Gasteiger partial charge in [-0.15, -0.1) is 0 Å². The second-order valence-corrected chi connectivity index (χ2v) is 7.49. The molecule has 0 aliphatic carbocycles. The molecular formula is C20H23N5O4. The van der Waals surface area contributed by atoms with Crippen LogP contribution in [-0.4, -0.2) is 63.3 Å². The summed E-state index contributed by atoms with van der Waals surface area (Å²) in [5.41, 5.74) is 6.93. The number of methoxy groups -OCH3 is 1. The van der Waals surface area contributed by atoms with Crippen molar-refractivity contribution in [2.75, 3.05) is 20.2 Å². The van der Waals surface area contributed by atoms with Crippen molar-refractivity contribution in [3.63, 3.8) is 0 Å². The van der Waals surface area contributed by atoms with Gasteiger partial charge >= 0.3 is 0 Å². The van der Waals surface area contributed by atoms with Crippen molar-refractivity contribution in [2.24, 2.45) is 18.7 Å². The molecular weight excluding hydrogens is 374 g/mol. The number of primary amides is 1. The smallest absolute Gasteiger partial charge is 0.272 e. The Bertz CT molecular complexity index is 954. The van der Waals surface area contributed by atoms with Crippen molar-refractivity contribution < 1.29 is 19.1 Å². The van der Waals surface area contributed by atoms with Gasteiger partial charge in [-0.05, 0) is 24.1 Å². The van der Waals surface area contributed by atoms with E-state index >= 15 is 0 Å². The number of fused-ring (bicyclic) bond motifs is 1. The first-order valence-corrected chi connectivity index (χ1v) is 9.40. The van der Waals surface area contributed by atoms with E-state index in [-0.39, 0.29) is 24.4 Å². The molecule has 3 atom stereocenters. The predicted molar refractivity (Wildman–Crippen MR) is 103 cm³/mol. The average Bonchev–Trinajstić information content (AvgIpc) is 3.31. The lowest BCUT2D eigenvalue weighted by Crippen LogP contribution is -2.56. The van der Waals surface area contributed by atoms with Gasteiger partial charge in [0, 0.05) is 13.6 Å². The van der Waals surface area contributed by atoms with Crippen LogP contribution >= 0.6 is 0 Å². The van der Waals surface area contributed by atoms with Gasteiger partial charge in [-0.25, -0.2) is 4.98 Å². The van der Waals surface area contributed by atoms with Crippen LogP contribution in [0.15, 0.2) is 36.8 Å². The third kappa shape index (κ3) is 3.22. The van der Waals surface area contributed by atoms with Crippen molar-refractivity contribution in [3.05, 3.63) is 48.0 Å². The maximum absolute atomic E-state index is 13.1. The number of aromatic nitrogens is 2. The fourth-order valence-electron chi connectivity index (χ4n) is 4.39. The number of hydrogen-bond acceptors (Lipinski definition) is 5. The molecule has 0 spiro atoms. The highest BCUT2D eigenvalue weighted by molar-refractivity contribution is 5.96. The van der Waals surface area contributed by atoms with Crippen molar-refractivity contribution >= 4 is 17.7 Å². The topological polar surface area (TPSA) is 111 Å². The van der Waals surface area contributed by atoms with Gasteiger partial charge in [-0.1, -0.05) is 12.1 Å². The molecule has 1 aromatic carbocycles. The molecule has 1 aromatic heterocycles. The Hall–Kier alpha value is -3.36. The second-order valence-electron chi connectivity index (χ2n) is 7.49. The van der Waals surface area contributed by atoms with E-state index < -0.39 is 17.9 Å². The summed E-state index contributed by atoms with van der Waals surface area (Å²) >= 11 is 0. The van der Waals surface area contributed by atoms with Crippen LogP contribution in [0.3, 0.4) is 0 Å². The van der Waals surface area contributed by atoms with Gasteiger partial charge in [0.2, 0.25) is 11.8 Å². The average molecular weight is 397 g/mol. The fraction of sp³-hybridized carbons (Fsp3) is 0.400. The molecule has 29 heavy (non-hydrogen) atoms. The number of rotatable bonds is 4. The van der Waals surface area contributed by atoms with Crippen LogP contribution in [0.4, 0.5) is 0 Å². The fourth-order valence-corrected chi connectivity index (χ4v) is 4.39. The Morgan fingerprint density at radius 1 is 1.24 bits per heavy atom. The zero-order valence-corrected chi connectivity index (χ0v) is 16.3. The number of nitrogens with two attached hydrogens (primary N) is 1. The number of piperazine rings is 1. The Morgan fingerprint density at radius 2 is 1.97 bits per heavy atom. The van der Waals surface area contributed by atoms with Crippen molar-refractivity contribution in [3.8, 4) is 5.75 Å². The van der Waals surface area contributed by atoms with Crippen LogP contribution in [0.1, 0.15) is 28.5 Å². The Balaban J connectivity index is 1.62. The number of amides is 3. The van der Waals surface area contributed by atoms with Gasteiger partial charge in [-0.3, -0.25) is 14.4 Å². The molecule has 2 aliphatic heterocycles. The largest absolute Gasteiger partial charge is 0.497 e. The van der Waals surface area contributed by atoms with E-state index in [1.54, 1.807) is 42.1 Å². The van der Waals surface area contributed by atoms with Crippen molar-refractivity contribution in [1.82, 2.24) is 19.4 Å². The van der Waals surface area contributed by atoms with E-state index in [4.69, 9.17) is 10.5 Å². The van der Waals surface area contributed by atoms with Crippen molar-refractivity contribution in [1.29, 1.82) is 0 Å². The molecule has 3 heterocycles. The highest BCUT2D eigenvalue weighted by Gasteiger charge is 2.50. The lowest BCUT2D eigenvalue weighted by atomic mass is 9.92. The molecule has 4 rings (SSSR count). The molecule has 2 aliphatic rings. The van der Waals surface area contributed by atoms with Gasteiger partial charge in [0.05, 0.1) is 37.6 Å². The van der Waals surface area contributed by atoms with Gasteiger partial charge in [-0.2, -0.15) is 0 Å². The number of benzene rings is 1. The molecule has 152 valence electrons. The number of imidazole rings is 1. The summed E-state index contributed by atoms with van der Waals surface area (Å²) in [4.78, 5) is 45.3. The first kappa shape index (κ1) is 19.0. The van der Waals surface area contributed by atoms with Gasteiger partial charge in [0.25, 0.3) is 5.91 Å². The maximum Gasteiger partial charge on any atom is 0.272 e. The third-order valence-electron chi connectivity index (χ3n) is 5.79. The highest BCUT2D eigenvalue weighted by Crippen LogP contribution is 2.43. The molecule has 0 saturated carbocycles. The summed E-state index contributed by atoms with van der Waals surface area (Å²) in [5, 5.41) is 0. The Morgan fingerprint density at radius 3 is 2.55 bits per heavy atom. The molecule has 0 bridgehead atoms. The van der Waals surface area contributed by atoms with E-state index in [0.29, 0.717) is 24.4 Å². The first-order chi connectivity index (χ1) is 13.9. The minimum absolute atomic E-state index is 0.0430. The number of carbonyl (C=O) groups excluding carboxylic acids is 3. The summed E-state index contributed by atoms with van der Waals surface area (Å²) in [5.74, 6) is -0.707. The quantitative estimate of drug-likeness (QED) is 0.799. The second kappa shape index (κ2) is 7.23. The Kier molecular flexibility index (Phi) is 4.73. The number of aryl methyl sites for hydroxylation is 1. The molecule has 3 amide bonds. The molecule has 0 radical (unpaired) electrons. The molecule has 2 fully saturated rings. The van der Waals surface area contributed by atoms with E-state index in [1.807, 2.05) is 12.1 Å². The predicted octanol–water partition coefficient (Wildman–Crippen LogP) is 0.328. The van der Waals surface area contributed by atoms with Crippen LogP contribution in [0.25, 0.3) is 0 Å². The molecule has 0 unspecified atom stereocenters. The molecule has 9 nitrogen and oxygen atoms in total. The molecule has 2 saturated heterocycles. The monoisotopic (exact) mass is 397 g/mol. The van der Waals surface area contributed by atoms with Crippen LogP contribution in [0.5, 0.6) is 5.75 Å². The summed E-state index contributed by atoms with van der Waals surface area (Å²) in [6.07, 6.45) is 3.46. The van der Waals surface area contributed by atoms with E-state index in [2.05, 4.69) is 4.98 Å². The lowest BCUT2D eigenvalue weighted by molar-refractivity contribution is -0.139. The summed E-state index contributed by atoms with van der Waals surface area (Å²) in [7, 11) is 3.31. The van der Waals surface area contributed by atoms with E-state index in [9.17, 15) is 14.4 Å². The van der Waals surface area contributed by atoms with Crippen molar-refractivity contribution in [2.45, 2.75) is 18.5 Å². The number of hydrogen-bond donors (Lipinski definition) is 1. The summed E-state index contributed by atoms with van der Waals surface area (Å²) in [6.45, 7) is 0.310. The maximum atomic E-state index is 13.1. The molecule has 2 N–H and O–H groups in total. The summed E-state index contributed by atoms with van der Waals surface area (Å²) in [6, 6.07) is 6.59. The molecule has 2 aromatic rings. The van der Waals surface area contributed by atoms with Crippen LogP contribution in [0.2, 0.25) is 0 Å². The van der Waals surface area contributed by atoms with Crippen LogP contribution in [0, 0.1) is 5.92 Å². The zero-order valence-electron chi connectivity index (χ0n) is 16.3.